The smallest absolute Gasteiger partial charge is 0.306 e. The number of fused-ring (bicyclic) bond motifs is 1. The lowest BCUT2D eigenvalue weighted by Crippen LogP contribution is -2.30. The molecule has 0 aliphatic rings. The summed E-state index contributed by atoms with van der Waals surface area (Å²) in [5, 5.41) is 3.08. The normalized spacial score (nSPS) is 10.8. The molecule has 2 aromatic heterocycles. The van der Waals surface area contributed by atoms with E-state index in [9.17, 15) is 9.59 Å². The third-order valence-corrected chi connectivity index (χ3v) is 4.89. The van der Waals surface area contributed by atoms with Crippen LogP contribution in [0.3, 0.4) is 0 Å². The van der Waals surface area contributed by atoms with Gasteiger partial charge in [-0.2, -0.15) is 0 Å². The highest BCUT2D eigenvalue weighted by Crippen LogP contribution is 2.19. The molecular weight excluding hydrogens is 336 g/mol. The Labute approximate surface area is 150 Å². The van der Waals surface area contributed by atoms with Gasteiger partial charge in [-0.3, -0.25) is 9.59 Å². The van der Waals surface area contributed by atoms with Crippen LogP contribution in [-0.2, 0) is 27.3 Å². The van der Waals surface area contributed by atoms with Gasteiger partial charge in [-0.05, 0) is 29.5 Å². The number of hydrogen-bond acceptors (Lipinski definition) is 4. The maximum absolute atomic E-state index is 12.0. The van der Waals surface area contributed by atoms with E-state index in [-0.39, 0.29) is 24.9 Å². The number of nitrogens with zero attached hydrogens (tertiary/aromatic N) is 1. The molecule has 3 aromatic rings. The predicted octanol–water partition coefficient (Wildman–Crippen LogP) is 3.36. The minimum absolute atomic E-state index is 0.200. The molecular formula is C19H20N2O3S. The molecule has 1 aromatic carbocycles. The van der Waals surface area contributed by atoms with Crippen LogP contribution in [0.1, 0.15) is 16.9 Å². The Morgan fingerprint density at radius 3 is 2.84 bits per heavy atom. The van der Waals surface area contributed by atoms with Gasteiger partial charge in [0.2, 0.25) is 0 Å². The molecule has 0 radical (unpaired) electrons. The zero-order chi connectivity index (χ0) is 17.6. The van der Waals surface area contributed by atoms with Crippen LogP contribution in [0.5, 0.6) is 0 Å². The second-order valence-electron chi connectivity index (χ2n) is 5.85. The molecule has 0 saturated carbocycles. The average molecular weight is 356 g/mol. The van der Waals surface area contributed by atoms with Gasteiger partial charge < -0.3 is 14.6 Å². The van der Waals surface area contributed by atoms with Crippen molar-refractivity contribution in [2.45, 2.75) is 19.4 Å². The lowest BCUT2D eigenvalue weighted by atomic mass is 10.1. The second-order valence-corrected chi connectivity index (χ2v) is 6.88. The number of aryl methyl sites for hydroxylation is 1. The predicted molar refractivity (Wildman–Crippen MR) is 98.4 cm³/mol. The van der Waals surface area contributed by atoms with E-state index in [1.807, 2.05) is 48.0 Å². The Kier molecular flexibility index (Phi) is 5.50. The summed E-state index contributed by atoms with van der Waals surface area (Å²) < 4.78 is 5.12. The number of thiophene rings is 1. The molecule has 5 nitrogen and oxygen atoms in total. The average Bonchev–Trinajstić information content (AvgIpc) is 3.27. The summed E-state index contributed by atoms with van der Waals surface area (Å²) in [4.78, 5) is 29.8. The van der Waals surface area contributed by atoms with E-state index in [1.165, 1.54) is 0 Å². The number of hydrogen-bond donors (Lipinski definition) is 1. The first-order valence-electron chi connectivity index (χ1n) is 8.10. The number of rotatable bonds is 7. The van der Waals surface area contributed by atoms with Gasteiger partial charge in [0.25, 0.3) is 5.91 Å². The van der Waals surface area contributed by atoms with E-state index < -0.39 is 0 Å². The van der Waals surface area contributed by atoms with Crippen LogP contribution >= 0.6 is 11.3 Å². The Bertz CT molecular complexity index is 855. The third-order valence-electron chi connectivity index (χ3n) is 4.03. The number of carbonyl (C=O) groups excluding carboxylic acids is 2. The Morgan fingerprint density at radius 2 is 2.04 bits per heavy atom. The van der Waals surface area contributed by atoms with Crippen LogP contribution < -0.4 is 0 Å². The van der Waals surface area contributed by atoms with E-state index in [0.29, 0.717) is 13.0 Å². The van der Waals surface area contributed by atoms with Gasteiger partial charge in [-0.15, -0.1) is 11.3 Å². The molecule has 0 atom stereocenters. The molecule has 1 N–H and O–H groups in total. The lowest BCUT2D eigenvalue weighted by Gasteiger charge is -2.16. The molecule has 0 unspecified atom stereocenters. The molecule has 1 amide bonds. The fraction of sp³-hybridized carbons (Fsp3) is 0.263. The Balaban J connectivity index is 1.44. The molecule has 2 heterocycles. The van der Waals surface area contributed by atoms with Crippen LogP contribution in [-0.4, -0.2) is 35.4 Å². The van der Waals surface area contributed by atoms with E-state index in [2.05, 4.69) is 4.98 Å². The summed E-state index contributed by atoms with van der Waals surface area (Å²) in [6, 6.07) is 11.9. The molecule has 0 bridgehead atoms. The number of carbonyl (C=O) groups is 2. The number of ether oxygens (including phenoxy) is 1. The van der Waals surface area contributed by atoms with Crippen molar-refractivity contribution in [2.24, 2.45) is 0 Å². The third kappa shape index (κ3) is 4.48. The maximum atomic E-state index is 12.0. The number of H-pyrrole nitrogens is 1. The van der Waals surface area contributed by atoms with E-state index in [0.717, 1.165) is 21.3 Å². The lowest BCUT2D eigenvalue weighted by molar-refractivity contribution is -0.151. The second kappa shape index (κ2) is 7.98. The van der Waals surface area contributed by atoms with Gasteiger partial charge in [0.15, 0.2) is 6.61 Å². The summed E-state index contributed by atoms with van der Waals surface area (Å²) in [5.41, 5.74) is 2.13. The summed E-state index contributed by atoms with van der Waals surface area (Å²) in [7, 11) is 1.71. The molecule has 0 fully saturated rings. The van der Waals surface area contributed by atoms with Crippen molar-refractivity contribution in [2.75, 3.05) is 13.7 Å². The van der Waals surface area contributed by atoms with Crippen molar-refractivity contribution in [1.82, 2.24) is 9.88 Å². The number of aromatic nitrogens is 1. The van der Waals surface area contributed by atoms with Crippen molar-refractivity contribution in [1.29, 1.82) is 0 Å². The number of para-hydroxylation sites is 1. The molecule has 0 spiro atoms. The van der Waals surface area contributed by atoms with Gasteiger partial charge in [-0.25, -0.2) is 0 Å². The fourth-order valence-corrected chi connectivity index (χ4v) is 3.38. The maximum Gasteiger partial charge on any atom is 0.306 e. The molecule has 0 aliphatic carbocycles. The van der Waals surface area contributed by atoms with Crippen molar-refractivity contribution < 1.29 is 14.3 Å². The molecule has 25 heavy (non-hydrogen) atoms. The van der Waals surface area contributed by atoms with Crippen LogP contribution in [0.25, 0.3) is 10.9 Å². The molecule has 130 valence electrons. The zero-order valence-electron chi connectivity index (χ0n) is 14.0. The van der Waals surface area contributed by atoms with Crippen LogP contribution in [0, 0.1) is 0 Å². The summed E-state index contributed by atoms with van der Waals surface area (Å²) in [6.07, 6.45) is 2.75. The molecule has 6 heteroatoms. The highest BCUT2D eigenvalue weighted by Gasteiger charge is 2.13. The minimum atomic E-state index is -0.358. The number of benzene rings is 1. The van der Waals surface area contributed by atoms with Gasteiger partial charge in [0.1, 0.15) is 0 Å². The highest BCUT2D eigenvalue weighted by molar-refractivity contribution is 7.09. The van der Waals surface area contributed by atoms with Crippen molar-refractivity contribution in [3.05, 3.63) is 58.4 Å². The topological polar surface area (TPSA) is 62.4 Å². The number of likely N-dealkylation sites (N-methyl/N-ethyl adjacent to an activating group) is 1. The zero-order valence-corrected chi connectivity index (χ0v) is 14.8. The quantitative estimate of drug-likeness (QED) is 0.660. The number of amides is 1. The van der Waals surface area contributed by atoms with Crippen molar-refractivity contribution >= 4 is 34.1 Å². The van der Waals surface area contributed by atoms with Crippen LogP contribution in [0.2, 0.25) is 0 Å². The van der Waals surface area contributed by atoms with Gasteiger partial charge in [-0.1, -0.05) is 24.3 Å². The Hall–Kier alpha value is -2.60. The minimum Gasteiger partial charge on any atom is -0.456 e. The fourth-order valence-electron chi connectivity index (χ4n) is 2.62. The summed E-state index contributed by atoms with van der Waals surface area (Å²) in [5.74, 6) is -0.558. The van der Waals surface area contributed by atoms with E-state index >= 15 is 0 Å². The number of aromatic amines is 1. The van der Waals surface area contributed by atoms with Gasteiger partial charge in [0.05, 0.1) is 6.54 Å². The first-order valence-corrected chi connectivity index (χ1v) is 8.98. The standard InChI is InChI=1S/C19H20N2O3S/c1-21(12-15-5-4-10-25-15)18(22)13-24-19(23)9-8-14-11-20-17-7-3-2-6-16(14)17/h2-7,10-11,20H,8-9,12-13H2,1H3. The largest absolute Gasteiger partial charge is 0.456 e. The van der Waals surface area contributed by atoms with E-state index in [1.54, 1.807) is 23.3 Å². The van der Waals surface area contributed by atoms with Crippen molar-refractivity contribution in [3.63, 3.8) is 0 Å². The first kappa shape index (κ1) is 17.2. The van der Waals surface area contributed by atoms with Crippen LogP contribution in [0.4, 0.5) is 0 Å². The van der Waals surface area contributed by atoms with E-state index in [4.69, 9.17) is 4.74 Å². The van der Waals surface area contributed by atoms with Crippen LogP contribution in [0.15, 0.2) is 48.0 Å². The number of esters is 1. The van der Waals surface area contributed by atoms with Gasteiger partial charge in [0, 0.05) is 35.4 Å². The van der Waals surface area contributed by atoms with Gasteiger partial charge >= 0.3 is 5.97 Å². The highest BCUT2D eigenvalue weighted by atomic mass is 32.1. The number of nitrogens with one attached hydrogen (secondary N) is 1. The Morgan fingerprint density at radius 1 is 1.20 bits per heavy atom. The molecule has 0 saturated heterocycles. The summed E-state index contributed by atoms with van der Waals surface area (Å²) >= 11 is 1.60. The molecule has 3 rings (SSSR count). The monoisotopic (exact) mass is 356 g/mol. The SMILES string of the molecule is CN(Cc1cccs1)C(=O)COC(=O)CCc1c[nH]c2ccccc12. The first-order chi connectivity index (χ1) is 12.1. The van der Waals surface area contributed by atoms with Crippen molar-refractivity contribution in [3.8, 4) is 0 Å². The summed E-state index contributed by atoms with van der Waals surface area (Å²) in [6.45, 7) is 0.317. The molecule has 0 aliphatic heterocycles.